The minimum Gasteiger partial charge on any atom is -0.382 e. The highest BCUT2D eigenvalue weighted by atomic mass is 16.5. The van der Waals surface area contributed by atoms with Crippen molar-refractivity contribution in [1.29, 1.82) is 0 Å². The third kappa shape index (κ3) is 2.93. The Bertz CT molecular complexity index is 341. The van der Waals surface area contributed by atoms with Crippen LogP contribution in [0, 0.1) is 5.92 Å². The monoisotopic (exact) mass is 248 g/mol. The second kappa shape index (κ2) is 6.35. The number of rotatable bonds is 4. The van der Waals surface area contributed by atoms with Gasteiger partial charge in [0.15, 0.2) is 0 Å². The summed E-state index contributed by atoms with van der Waals surface area (Å²) < 4.78 is 5.31. The molecule has 1 fully saturated rings. The maximum Gasteiger partial charge on any atom is 0.116 e. The van der Waals surface area contributed by atoms with Gasteiger partial charge in [-0.05, 0) is 24.3 Å². The largest absolute Gasteiger partial charge is 0.382 e. The zero-order valence-electron chi connectivity index (χ0n) is 11.3. The molecule has 2 nitrogen and oxygen atoms in total. The molecule has 0 bridgehead atoms. The van der Waals surface area contributed by atoms with Gasteiger partial charge in [0.2, 0.25) is 0 Å². The molecule has 0 aliphatic heterocycles. The van der Waals surface area contributed by atoms with Crippen LogP contribution in [0.3, 0.4) is 0 Å². The van der Waals surface area contributed by atoms with Crippen molar-refractivity contribution >= 4 is 0 Å². The first kappa shape index (κ1) is 13.6. The van der Waals surface area contributed by atoms with Crippen molar-refractivity contribution in [1.82, 2.24) is 0 Å². The van der Waals surface area contributed by atoms with Crippen LogP contribution in [-0.4, -0.2) is 18.8 Å². The van der Waals surface area contributed by atoms with E-state index in [0.29, 0.717) is 12.5 Å². The van der Waals surface area contributed by atoms with Gasteiger partial charge in [-0.2, -0.15) is 0 Å². The molecule has 18 heavy (non-hydrogen) atoms. The van der Waals surface area contributed by atoms with E-state index in [-0.39, 0.29) is 0 Å². The zero-order valence-corrected chi connectivity index (χ0v) is 11.3. The fraction of sp³-hybridized carbons (Fsp3) is 0.625. The Morgan fingerprint density at radius 1 is 1.11 bits per heavy atom. The maximum absolute atomic E-state index is 11.1. The van der Waals surface area contributed by atoms with E-state index in [0.717, 1.165) is 18.4 Å². The SMILES string of the molecule is COCC(O)(c1ccccc1)C1CCCCCC1. The molecular weight excluding hydrogens is 224 g/mol. The van der Waals surface area contributed by atoms with Gasteiger partial charge in [0.05, 0.1) is 6.61 Å². The van der Waals surface area contributed by atoms with Crippen LogP contribution in [0.2, 0.25) is 0 Å². The molecule has 0 heterocycles. The van der Waals surface area contributed by atoms with Gasteiger partial charge >= 0.3 is 0 Å². The lowest BCUT2D eigenvalue weighted by Gasteiger charge is -2.36. The second-order valence-corrected chi connectivity index (χ2v) is 5.41. The van der Waals surface area contributed by atoms with Crippen LogP contribution in [0.5, 0.6) is 0 Å². The van der Waals surface area contributed by atoms with Gasteiger partial charge in [-0.1, -0.05) is 56.0 Å². The summed E-state index contributed by atoms with van der Waals surface area (Å²) in [6.45, 7) is 0.391. The predicted molar refractivity (Wildman–Crippen MR) is 73.4 cm³/mol. The summed E-state index contributed by atoms with van der Waals surface area (Å²) >= 11 is 0. The lowest BCUT2D eigenvalue weighted by atomic mass is 9.77. The quantitative estimate of drug-likeness (QED) is 0.826. The Kier molecular flexibility index (Phi) is 4.79. The minimum atomic E-state index is -0.819. The summed E-state index contributed by atoms with van der Waals surface area (Å²) in [4.78, 5) is 0. The molecule has 0 aromatic heterocycles. The van der Waals surface area contributed by atoms with Crippen molar-refractivity contribution in [3.05, 3.63) is 35.9 Å². The van der Waals surface area contributed by atoms with Crippen molar-refractivity contribution < 1.29 is 9.84 Å². The van der Waals surface area contributed by atoms with Gasteiger partial charge in [0.1, 0.15) is 5.60 Å². The average molecular weight is 248 g/mol. The molecule has 100 valence electrons. The van der Waals surface area contributed by atoms with Gasteiger partial charge in [0, 0.05) is 7.11 Å². The number of hydrogen-bond donors (Lipinski definition) is 1. The van der Waals surface area contributed by atoms with Crippen LogP contribution in [0.25, 0.3) is 0 Å². The van der Waals surface area contributed by atoms with Crippen molar-refractivity contribution in [3.8, 4) is 0 Å². The van der Waals surface area contributed by atoms with Crippen LogP contribution in [0.15, 0.2) is 30.3 Å². The van der Waals surface area contributed by atoms with Crippen LogP contribution in [0.1, 0.15) is 44.1 Å². The Labute approximate surface area is 110 Å². The predicted octanol–water partition coefficient (Wildman–Crippen LogP) is 3.49. The Morgan fingerprint density at radius 2 is 1.72 bits per heavy atom. The van der Waals surface area contributed by atoms with Gasteiger partial charge in [-0.25, -0.2) is 0 Å². The van der Waals surface area contributed by atoms with E-state index < -0.39 is 5.60 Å². The Morgan fingerprint density at radius 3 is 2.28 bits per heavy atom. The van der Waals surface area contributed by atoms with E-state index in [2.05, 4.69) is 0 Å². The summed E-state index contributed by atoms with van der Waals surface area (Å²) in [6.07, 6.45) is 7.26. The number of benzene rings is 1. The number of methoxy groups -OCH3 is 1. The van der Waals surface area contributed by atoms with Crippen LogP contribution in [0.4, 0.5) is 0 Å². The molecule has 1 aromatic rings. The maximum atomic E-state index is 11.1. The Balaban J connectivity index is 2.24. The number of ether oxygens (including phenoxy) is 1. The van der Waals surface area contributed by atoms with Crippen LogP contribution < -0.4 is 0 Å². The van der Waals surface area contributed by atoms with Gasteiger partial charge < -0.3 is 9.84 Å². The van der Waals surface area contributed by atoms with Gasteiger partial charge in [-0.15, -0.1) is 0 Å². The van der Waals surface area contributed by atoms with Gasteiger partial charge in [-0.3, -0.25) is 0 Å². The summed E-state index contributed by atoms with van der Waals surface area (Å²) in [6, 6.07) is 10.0. The molecule has 0 saturated heterocycles. The molecular formula is C16H24O2. The highest BCUT2D eigenvalue weighted by Crippen LogP contribution is 2.38. The van der Waals surface area contributed by atoms with E-state index in [4.69, 9.17) is 4.74 Å². The van der Waals surface area contributed by atoms with Gasteiger partial charge in [0.25, 0.3) is 0 Å². The lowest BCUT2D eigenvalue weighted by Crippen LogP contribution is -2.39. The first-order valence-corrected chi connectivity index (χ1v) is 7.04. The Hall–Kier alpha value is -0.860. The molecule has 0 radical (unpaired) electrons. The van der Waals surface area contributed by atoms with Crippen LogP contribution >= 0.6 is 0 Å². The second-order valence-electron chi connectivity index (χ2n) is 5.41. The van der Waals surface area contributed by atoms with E-state index in [9.17, 15) is 5.11 Å². The first-order chi connectivity index (χ1) is 8.77. The van der Waals surface area contributed by atoms with E-state index in [1.54, 1.807) is 7.11 Å². The molecule has 2 rings (SSSR count). The molecule has 1 aromatic carbocycles. The first-order valence-electron chi connectivity index (χ1n) is 7.04. The standard InChI is InChI=1S/C16H24O2/c1-18-13-16(17,15-11-7-4-8-12-15)14-9-5-2-3-6-10-14/h4,7-8,11-12,14,17H,2-3,5-6,9-10,13H2,1H3. The van der Waals surface area contributed by atoms with E-state index in [1.165, 1.54) is 25.7 Å². The number of hydrogen-bond acceptors (Lipinski definition) is 2. The average Bonchev–Trinajstić information content (AvgIpc) is 2.69. The molecule has 1 unspecified atom stereocenters. The molecule has 1 atom stereocenters. The molecule has 0 spiro atoms. The normalized spacial score (nSPS) is 21.2. The van der Waals surface area contributed by atoms with E-state index in [1.807, 2.05) is 30.3 Å². The third-order valence-corrected chi connectivity index (χ3v) is 4.17. The molecule has 1 aliphatic rings. The molecule has 0 amide bonds. The van der Waals surface area contributed by atoms with Crippen molar-refractivity contribution in [2.75, 3.05) is 13.7 Å². The van der Waals surface area contributed by atoms with Crippen molar-refractivity contribution in [3.63, 3.8) is 0 Å². The summed E-state index contributed by atoms with van der Waals surface area (Å²) in [5.74, 6) is 0.322. The van der Waals surface area contributed by atoms with Crippen molar-refractivity contribution in [2.45, 2.75) is 44.1 Å². The van der Waals surface area contributed by atoms with Crippen LogP contribution in [-0.2, 0) is 10.3 Å². The highest BCUT2D eigenvalue weighted by Gasteiger charge is 2.38. The summed E-state index contributed by atoms with van der Waals surface area (Å²) in [7, 11) is 1.67. The summed E-state index contributed by atoms with van der Waals surface area (Å²) in [5.41, 5.74) is 0.180. The van der Waals surface area contributed by atoms with Crippen molar-refractivity contribution in [2.24, 2.45) is 5.92 Å². The third-order valence-electron chi connectivity index (χ3n) is 4.17. The smallest absolute Gasteiger partial charge is 0.116 e. The molecule has 1 N–H and O–H groups in total. The zero-order chi connectivity index (χ0) is 12.8. The highest BCUT2D eigenvalue weighted by molar-refractivity contribution is 5.23. The fourth-order valence-electron chi connectivity index (χ4n) is 3.14. The number of aliphatic hydroxyl groups is 1. The topological polar surface area (TPSA) is 29.5 Å². The van der Waals surface area contributed by atoms with E-state index >= 15 is 0 Å². The fourth-order valence-corrected chi connectivity index (χ4v) is 3.14. The molecule has 1 saturated carbocycles. The summed E-state index contributed by atoms with van der Waals surface area (Å²) in [5, 5.41) is 11.1. The lowest BCUT2D eigenvalue weighted by molar-refractivity contribution is -0.0845. The minimum absolute atomic E-state index is 0.322. The molecule has 2 heteroatoms. The molecule has 1 aliphatic carbocycles.